The normalized spacial score (nSPS) is 15.6. The van der Waals surface area contributed by atoms with Crippen molar-refractivity contribution in [2.75, 3.05) is 18.6 Å². The lowest BCUT2D eigenvalue weighted by atomic mass is 10.2. The van der Waals surface area contributed by atoms with Gasteiger partial charge in [0.2, 0.25) is 0 Å². The van der Waals surface area contributed by atoms with E-state index in [1.807, 2.05) is 0 Å². The monoisotopic (exact) mass is 236 g/mol. The molecule has 0 aromatic carbocycles. The third kappa shape index (κ3) is 5.27. The van der Waals surface area contributed by atoms with Gasteiger partial charge in [-0.05, 0) is 24.6 Å². The van der Waals surface area contributed by atoms with Crippen LogP contribution in [0.2, 0.25) is 18.1 Å². The van der Waals surface area contributed by atoms with Gasteiger partial charge in [-0.3, -0.25) is 4.21 Å². The molecule has 0 aliphatic carbocycles. The van der Waals surface area contributed by atoms with Gasteiger partial charge in [0.15, 0.2) is 8.32 Å². The van der Waals surface area contributed by atoms with Crippen LogP contribution in [0.5, 0.6) is 0 Å². The molecule has 14 heavy (non-hydrogen) atoms. The molecular weight excluding hydrogens is 212 g/mol. The molecule has 2 nitrogen and oxygen atoms in total. The Kier molecular flexibility index (Phi) is 5.55. The maximum Gasteiger partial charge on any atom is 0.191 e. The highest BCUT2D eigenvalue weighted by atomic mass is 32.2. The van der Waals surface area contributed by atoms with Gasteiger partial charge in [-0.25, -0.2) is 0 Å². The van der Waals surface area contributed by atoms with Crippen LogP contribution in [-0.4, -0.2) is 31.1 Å². The van der Waals surface area contributed by atoms with E-state index in [9.17, 15) is 4.21 Å². The van der Waals surface area contributed by atoms with E-state index in [0.717, 1.165) is 18.8 Å². The molecule has 0 aliphatic rings. The minimum atomic E-state index is -1.58. The summed E-state index contributed by atoms with van der Waals surface area (Å²) >= 11 is 0. The van der Waals surface area contributed by atoms with Crippen molar-refractivity contribution in [1.29, 1.82) is 0 Å². The summed E-state index contributed by atoms with van der Waals surface area (Å²) in [5.41, 5.74) is 0. The van der Waals surface area contributed by atoms with E-state index in [1.54, 1.807) is 6.26 Å². The van der Waals surface area contributed by atoms with Gasteiger partial charge in [0.25, 0.3) is 0 Å². The van der Waals surface area contributed by atoms with E-state index in [0.29, 0.717) is 0 Å². The average molecular weight is 236 g/mol. The van der Waals surface area contributed by atoms with Crippen molar-refractivity contribution in [2.24, 2.45) is 0 Å². The maximum absolute atomic E-state index is 10.8. The molecule has 0 saturated heterocycles. The molecule has 0 aliphatic heterocycles. The Hall–Kier alpha value is 0.327. The first kappa shape index (κ1) is 14.3. The van der Waals surface area contributed by atoms with Crippen LogP contribution in [0.3, 0.4) is 0 Å². The molecule has 0 amide bonds. The van der Waals surface area contributed by atoms with E-state index in [2.05, 4.69) is 33.9 Å². The lowest BCUT2D eigenvalue weighted by Gasteiger charge is -2.36. The molecule has 0 saturated carbocycles. The van der Waals surface area contributed by atoms with Crippen LogP contribution in [0, 0.1) is 0 Å². The molecule has 1 atom stereocenters. The van der Waals surface area contributed by atoms with Crippen molar-refractivity contribution in [3.63, 3.8) is 0 Å². The molecule has 0 heterocycles. The molecule has 0 N–H and O–H groups in total. The second-order valence-corrected chi connectivity index (χ2v) is 11.6. The van der Waals surface area contributed by atoms with E-state index in [4.69, 9.17) is 4.43 Å². The van der Waals surface area contributed by atoms with Gasteiger partial charge in [-0.2, -0.15) is 0 Å². The van der Waals surface area contributed by atoms with Crippen LogP contribution in [0.15, 0.2) is 0 Å². The molecule has 0 spiro atoms. The predicted molar refractivity (Wildman–Crippen MR) is 66.7 cm³/mol. The number of hydrogen-bond acceptors (Lipinski definition) is 2. The quantitative estimate of drug-likeness (QED) is 0.542. The Labute approximate surface area is 92.0 Å². The smallest absolute Gasteiger partial charge is 0.191 e. The fourth-order valence-electron chi connectivity index (χ4n) is 0.806. The van der Waals surface area contributed by atoms with Gasteiger partial charge in [-0.15, -0.1) is 0 Å². The van der Waals surface area contributed by atoms with Crippen molar-refractivity contribution in [2.45, 2.75) is 45.3 Å². The summed E-state index contributed by atoms with van der Waals surface area (Å²) in [4.78, 5) is 0. The molecule has 0 fully saturated rings. The van der Waals surface area contributed by atoms with Gasteiger partial charge in [0.1, 0.15) is 0 Å². The van der Waals surface area contributed by atoms with Gasteiger partial charge < -0.3 is 4.43 Å². The van der Waals surface area contributed by atoms with Gasteiger partial charge in [0.05, 0.1) is 0 Å². The lowest BCUT2D eigenvalue weighted by molar-refractivity contribution is 0.289. The first-order chi connectivity index (χ1) is 6.17. The lowest BCUT2D eigenvalue weighted by Crippen LogP contribution is -2.41. The van der Waals surface area contributed by atoms with Crippen LogP contribution in [0.1, 0.15) is 27.2 Å². The van der Waals surface area contributed by atoms with Gasteiger partial charge >= 0.3 is 0 Å². The molecule has 0 radical (unpaired) electrons. The largest absolute Gasteiger partial charge is 0.417 e. The van der Waals surface area contributed by atoms with Crippen molar-refractivity contribution < 1.29 is 8.63 Å². The molecule has 86 valence electrons. The van der Waals surface area contributed by atoms with Crippen LogP contribution < -0.4 is 0 Å². The van der Waals surface area contributed by atoms with Crippen molar-refractivity contribution in [3.8, 4) is 0 Å². The van der Waals surface area contributed by atoms with E-state index >= 15 is 0 Å². The molecule has 0 aromatic rings. The third-order valence-electron chi connectivity index (χ3n) is 2.85. The van der Waals surface area contributed by atoms with Crippen LogP contribution in [0.4, 0.5) is 0 Å². The molecule has 0 rings (SSSR count). The fourth-order valence-corrected chi connectivity index (χ4v) is 2.42. The summed E-state index contributed by atoms with van der Waals surface area (Å²) < 4.78 is 16.8. The highest BCUT2D eigenvalue weighted by molar-refractivity contribution is 7.84. The molecule has 4 heteroatoms. The summed E-state index contributed by atoms with van der Waals surface area (Å²) in [7, 11) is -2.26. The molecular formula is C10H24O2SSi. The zero-order valence-corrected chi connectivity index (χ0v) is 12.2. The highest BCUT2D eigenvalue weighted by Gasteiger charge is 2.36. The second-order valence-electron chi connectivity index (χ2n) is 5.24. The Morgan fingerprint density at radius 2 is 1.79 bits per heavy atom. The number of rotatable bonds is 5. The zero-order valence-electron chi connectivity index (χ0n) is 10.3. The number of hydrogen-bond donors (Lipinski definition) is 0. The van der Waals surface area contributed by atoms with Crippen LogP contribution in [-0.2, 0) is 15.2 Å². The Balaban J connectivity index is 3.83. The summed E-state index contributed by atoms with van der Waals surface area (Å²) in [5.74, 6) is 0.759. The summed E-state index contributed by atoms with van der Waals surface area (Å²) in [6, 6.07) is 0. The fraction of sp³-hybridized carbons (Fsp3) is 1.00. The summed E-state index contributed by atoms with van der Waals surface area (Å²) in [6.07, 6.45) is 2.65. The first-order valence-corrected chi connectivity index (χ1v) is 9.74. The third-order valence-corrected chi connectivity index (χ3v) is 8.25. The summed E-state index contributed by atoms with van der Waals surface area (Å²) in [6.45, 7) is 12.0. The molecule has 0 unspecified atom stereocenters. The second kappa shape index (κ2) is 5.42. The summed E-state index contributed by atoms with van der Waals surface area (Å²) in [5, 5.41) is 0.276. The Bertz CT molecular complexity index is 197. The Morgan fingerprint density at radius 3 is 2.14 bits per heavy atom. The van der Waals surface area contributed by atoms with E-state index in [-0.39, 0.29) is 5.04 Å². The highest BCUT2D eigenvalue weighted by Crippen LogP contribution is 2.36. The van der Waals surface area contributed by atoms with Crippen molar-refractivity contribution in [1.82, 2.24) is 0 Å². The molecule has 0 bridgehead atoms. The topological polar surface area (TPSA) is 26.3 Å². The zero-order chi connectivity index (χ0) is 11.4. The molecule has 0 aromatic heterocycles. The standard InChI is InChI=1S/C10H24O2SSi/c1-10(2,3)14(5,6)12-8-7-9-13(4)11/h7-9H2,1-6H3/t13-/m1/s1. The predicted octanol–water partition coefficient (Wildman–Crippen LogP) is 2.78. The minimum Gasteiger partial charge on any atom is -0.417 e. The Morgan fingerprint density at radius 1 is 1.29 bits per heavy atom. The van der Waals surface area contributed by atoms with Crippen LogP contribution in [0.25, 0.3) is 0 Å². The minimum absolute atomic E-state index is 0.276. The first-order valence-electron chi connectivity index (χ1n) is 5.11. The maximum atomic E-state index is 10.8. The van der Waals surface area contributed by atoms with Gasteiger partial charge in [-0.1, -0.05) is 20.8 Å². The average Bonchev–Trinajstić information content (AvgIpc) is 1.95. The van der Waals surface area contributed by atoms with E-state index < -0.39 is 19.1 Å². The van der Waals surface area contributed by atoms with Crippen molar-refractivity contribution in [3.05, 3.63) is 0 Å². The SMILES string of the molecule is C[S@@](=O)CCCO[Si](C)(C)C(C)(C)C. The van der Waals surface area contributed by atoms with Crippen molar-refractivity contribution >= 4 is 19.1 Å². The van der Waals surface area contributed by atoms with Gasteiger partial charge in [0, 0.05) is 29.4 Å². The van der Waals surface area contributed by atoms with Crippen LogP contribution >= 0.6 is 0 Å². The van der Waals surface area contributed by atoms with E-state index in [1.165, 1.54) is 0 Å².